The van der Waals surface area contributed by atoms with Crippen LogP contribution in [0.25, 0.3) is 0 Å². The van der Waals surface area contributed by atoms with E-state index in [1.54, 1.807) is 0 Å². The Kier molecular flexibility index (Phi) is 26.7. The summed E-state index contributed by atoms with van der Waals surface area (Å²) in [5.74, 6) is 0. The quantitative estimate of drug-likeness (QED) is 0.0618. The van der Waals surface area contributed by atoms with Gasteiger partial charge in [-0.25, -0.2) is 0 Å². The molecule has 0 fully saturated rings. The lowest BCUT2D eigenvalue weighted by Crippen LogP contribution is -2.41. The van der Waals surface area contributed by atoms with Crippen molar-refractivity contribution in [2.45, 2.75) is 149 Å². The van der Waals surface area contributed by atoms with Gasteiger partial charge in [0.25, 0.3) is 7.82 Å². The zero-order valence-corrected chi connectivity index (χ0v) is 28.1. The highest BCUT2D eigenvalue weighted by Crippen LogP contribution is 2.38. The van der Waals surface area contributed by atoms with Crippen molar-refractivity contribution in [1.82, 2.24) is 4.48 Å². The van der Waals surface area contributed by atoms with Crippen molar-refractivity contribution in [3.63, 3.8) is 0 Å². The molecule has 0 N–H and O–H groups in total. The van der Waals surface area contributed by atoms with E-state index in [-0.39, 0.29) is 13.2 Å². The maximum Gasteiger partial charge on any atom is 0.267 e. The summed E-state index contributed by atoms with van der Waals surface area (Å²) in [6, 6.07) is 10.9. The van der Waals surface area contributed by atoms with E-state index in [2.05, 4.69) is 65.2 Å². The normalized spacial score (nSPS) is 11.8. The summed E-state index contributed by atoms with van der Waals surface area (Å²) < 4.78 is 22.2. The van der Waals surface area contributed by atoms with Gasteiger partial charge in [0, 0.05) is 0 Å². The van der Waals surface area contributed by atoms with Crippen molar-refractivity contribution in [3.8, 4) is 0 Å². The second-order valence-corrected chi connectivity index (χ2v) is 13.3. The van der Waals surface area contributed by atoms with Crippen LogP contribution in [-0.2, 0) is 13.6 Å². The maximum atomic E-state index is 11.5. The Hall–Kier alpha value is -0.710. The average Bonchev–Trinajstić information content (AvgIpc) is 2.94. The number of phosphoric ester groups is 1. The summed E-state index contributed by atoms with van der Waals surface area (Å²) in [6.07, 6.45) is 24.5. The number of quaternary nitrogens is 1. The van der Waals surface area contributed by atoms with Gasteiger partial charge >= 0.3 is 0 Å². The van der Waals surface area contributed by atoms with Crippen LogP contribution >= 0.6 is 7.82 Å². The highest BCUT2D eigenvalue weighted by Gasteiger charge is 2.17. The van der Waals surface area contributed by atoms with Crippen LogP contribution < -0.4 is 9.38 Å². The van der Waals surface area contributed by atoms with Gasteiger partial charge in [0.1, 0.15) is 5.69 Å². The lowest BCUT2D eigenvalue weighted by Gasteiger charge is -2.29. The molecule has 5 nitrogen and oxygen atoms in total. The second kappa shape index (κ2) is 27.1. The Morgan fingerprint density at radius 3 is 1.32 bits per heavy atom. The highest BCUT2D eigenvalue weighted by atomic mass is 31.2. The van der Waals surface area contributed by atoms with Crippen molar-refractivity contribution in [3.05, 3.63) is 30.3 Å². The fourth-order valence-corrected chi connectivity index (χ4v) is 5.54. The van der Waals surface area contributed by atoms with Crippen LogP contribution in [0.4, 0.5) is 5.69 Å². The fourth-order valence-electron chi connectivity index (χ4n) is 4.76. The first-order chi connectivity index (χ1) is 19.3. The number of rotatable bonds is 26. The van der Waals surface area contributed by atoms with Crippen LogP contribution in [0.15, 0.2) is 30.3 Å². The fraction of sp³-hybridized carbons (Fsp3) is 0.824. The molecule has 0 atom stereocenters. The molecule has 0 amide bonds. The summed E-state index contributed by atoms with van der Waals surface area (Å²) >= 11 is 0. The molecular formula is C34H66NO4P. The first-order valence-corrected chi connectivity index (χ1v) is 18.2. The monoisotopic (exact) mass is 583 g/mol. The molecule has 236 valence electrons. The van der Waals surface area contributed by atoms with Crippen LogP contribution in [0.3, 0.4) is 0 Å². The standard InChI is InChI=1S/C18H32N.C16H35O4P/c1-4-5-6-7-8-9-10-14-17-19(2,3)18-15-12-11-13-16-18;1-3-5-7-9-11-13-15-19-21(17,18)20-16-14-12-10-8-6-4-2/h11-13,15-16H,4-10,14,17H2,1-3H3;3-16H2,1-2H3,(H,17,18)/q+1;/p-1. The Bertz CT molecular complexity index is 676. The highest BCUT2D eigenvalue weighted by molar-refractivity contribution is 7.45. The molecule has 0 aliphatic carbocycles. The van der Waals surface area contributed by atoms with Gasteiger partial charge in [-0.2, -0.15) is 0 Å². The predicted octanol–water partition coefficient (Wildman–Crippen LogP) is 10.6. The Morgan fingerprint density at radius 1 is 0.575 bits per heavy atom. The van der Waals surface area contributed by atoms with E-state index in [0.29, 0.717) is 0 Å². The van der Waals surface area contributed by atoms with Crippen molar-refractivity contribution < 1.29 is 18.5 Å². The Balaban J connectivity index is 0.000000763. The van der Waals surface area contributed by atoms with E-state index in [4.69, 9.17) is 9.05 Å². The van der Waals surface area contributed by atoms with Gasteiger partial charge in [0.05, 0.1) is 33.9 Å². The van der Waals surface area contributed by atoms with Crippen LogP contribution in [0, 0.1) is 0 Å². The maximum absolute atomic E-state index is 11.5. The number of para-hydroxylation sites is 1. The van der Waals surface area contributed by atoms with E-state index in [0.717, 1.165) is 43.0 Å². The number of hydrogen-bond acceptors (Lipinski definition) is 4. The summed E-state index contributed by atoms with van der Waals surface area (Å²) in [6.45, 7) is 8.39. The average molecular weight is 584 g/mol. The Labute approximate surface area is 249 Å². The van der Waals surface area contributed by atoms with Crippen LogP contribution in [-0.4, -0.2) is 33.9 Å². The topological polar surface area (TPSA) is 58.6 Å². The van der Waals surface area contributed by atoms with Crippen molar-refractivity contribution in [1.29, 1.82) is 0 Å². The minimum atomic E-state index is -4.07. The third-order valence-corrected chi connectivity index (χ3v) is 8.52. The summed E-state index contributed by atoms with van der Waals surface area (Å²) in [4.78, 5) is 11.5. The van der Waals surface area contributed by atoms with Gasteiger partial charge in [-0.05, 0) is 37.8 Å². The molecule has 1 rings (SSSR count). The van der Waals surface area contributed by atoms with Gasteiger partial charge in [0.15, 0.2) is 0 Å². The van der Waals surface area contributed by atoms with E-state index in [9.17, 15) is 9.46 Å². The minimum Gasteiger partial charge on any atom is -0.756 e. The van der Waals surface area contributed by atoms with Crippen molar-refractivity contribution in [2.24, 2.45) is 0 Å². The van der Waals surface area contributed by atoms with Crippen molar-refractivity contribution >= 4 is 13.5 Å². The molecule has 0 bridgehead atoms. The smallest absolute Gasteiger partial charge is 0.267 e. The SMILES string of the molecule is CCCCCCCCCC[N+](C)(C)c1ccccc1.CCCCCCCCOP(=O)([O-])OCCCCCCCC. The van der Waals surface area contributed by atoms with Gasteiger partial charge in [0.2, 0.25) is 0 Å². The number of unbranched alkanes of at least 4 members (excludes halogenated alkanes) is 17. The minimum absolute atomic E-state index is 0.253. The molecule has 0 saturated heterocycles. The van der Waals surface area contributed by atoms with Gasteiger partial charge < -0.3 is 13.9 Å². The second-order valence-electron chi connectivity index (χ2n) is 11.9. The number of benzene rings is 1. The summed E-state index contributed by atoms with van der Waals surface area (Å²) in [5, 5.41) is 0. The molecule has 0 heterocycles. The molecule has 0 aliphatic heterocycles. The first-order valence-electron chi connectivity index (χ1n) is 16.8. The summed E-state index contributed by atoms with van der Waals surface area (Å²) in [5.41, 5.74) is 1.42. The lowest BCUT2D eigenvalue weighted by molar-refractivity contribution is -0.225. The summed E-state index contributed by atoms with van der Waals surface area (Å²) in [7, 11) is 0.567. The molecule has 0 aromatic heterocycles. The molecule has 0 saturated carbocycles. The van der Waals surface area contributed by atoms with E-state index < -0.39 is 7.82 Å². The first kappa shape index (κ1) is 39.3. The molecule has 0 radical (unpaired) electrons. The number of nitrogens with zero attached hydrogens (tertiary/aromatic N) is 1. The molecule has 1 aromatic rings. The lowest BCUT2D eigenvalue weighted by atomic mass is 10.1. The van der Waals surface area contributed by atoms with Gasteiger partial charge in [-0.1, -0.05) is 142 Å². The molecule has 6 heteroatoms. The van der Waals surface area contributed by atoms with E-state index in [1.165, 1.54) is 102 Å². The number of hydrogen-bond donors (Lipinski definition) is 0. The zero-order chi connectivity index (χ0) is 29.8. The molecule has 40 heavy (non-hydrogen) atoms. The molecule has 1 aromatic carbocycles. The number of phosphoric acid groups is 1. The molecule has 0 aliphatic rings. The van der Waals surface area contributed by atoms with Gasteiger partial charge in [-0.3, -0.25) is 9.05 Å². The molecular weight excluding hydrogens is 517 g/mol. The molecule has 0 spiro atoms. The van der Waals surface area contributed by atoms with Crippen LogP contribution in [0.1, 0.15) is 149 Å². The van der Waals surface area contributed by atoms with E-state index in [1.807, 2.05) is 0 Å². The Morgan fingerprint density at radius 2 is 0.925 bits per heavy atom. The van der Waals surface area contributed by atoms with E-state index >= 15 is 0 Å². The third kappa shape index (κ3) is 25.0. The van der Waals surface area contributed by atoms with Crippen LogP contribution in [0.2, 0.25) is 0 Å². The molecule has 0 unspecified atom stereocenters. The van der Waals surface area contributed by atoms with Crippen LogP contribution in [0.5, 0.6) is 0 Å². The third-order valence-electron chi connectivity index (χ3n) is 7.52. The van der Waals surface area contributed by atoms with Crippen molar-refractivity contribution in [2.75, 3.05) is 33.9 Å². The largest absolute Gasteiger partial charge is 0.756 e. The zero-order valence-electron chi connectivity index (χ0n) is 27.2. The van der Waals surface area contributed by atoms with Gasteiger partial charge in [-0.15, -0.1) is 0 Å². The predicted molar refractivity (Wildman–Crippen MR) is 174 cm³/mol.